The van der Waals surface area contributed by atoms with Crippen molar-refractivity contribution in [3.8, 4) is 0 Å². The van der Waals surface area contributed by atoms with Gasteiger partial charge in [0.25, 0.3) is 0 Å². The van der Waals surface area contributed by atoms with Crippen LogP contribution in [0, 0.1) is 0 Å². The van der Waals surface area contributed by atoms with E-state index in [0.29, 0.717) is 6.04 Å². The summed E-state index contributed by atoms with van der Waals surface area (Å²) < 4.78 is 0. The van der Waals surface area contributed by atoms with Gasteiger partial charge in [0.05, 0.1) is 0 Å². The summed E-state index contributed by atoms with van der Waals surface area (Å²) in [5.41, 5.74) is 5.90. The Morgan fingerprint density at radius 2 is 2.18 bits per heavy atom. The van der Waals surface area contributed by atoms with Crippen molar-refractivity contribution >= 4 is 11.3 Å². The lowest BCUT2D eigenvalue weighted by Crippen LogP contribution is -2.38. The second-order valence-corrected chi connectivity index (χ2v) is 5.57. The molecular formula is C14H22N2S. The van der Waals surface area contributed by atoms with E-state index in [-0.39, 0.29) is 0 Å². The maximum Gasteiger partial charge on any atom is 0.0460 e. The van der Waals surface area contributed by atoms with E-state index in [0.717, 1.165) is 6.42 Å². The molecule has 1 aliphatic rings. The van der Waals surface area contributed by atoms with Crippen molar-refractivity contribution < 1.29 is 0 Å². The fourth-order valence-electron chi connectivity index (χ4n) is 2.47. The van der Waals surface area contributed by atoms with Crippen LogP contribution in [0.3, 0.4) is 0 Å². The zero-order valence-corrected chi connectivity index (χ0v) is 11.1. The van der Waals surface area contributed by atoms with Crippen molar-refractivity contribution in [2.24, 2.45) is 5.84 Å². The highest BCUT2D eigenvalue weighted by atomic mass is 32.1. The first-order valence-electron chi connectivity index (χ1n) is 6.56. The lowest BCUT2D eigenvalue weighted by atomic mass is 9.92. The van der Waals surface area contributed by atoms with Crippen LogP contribution in [0.2, 0.25) is 0 Å². The number of hydrogen-bond acceptors (Lipinski definition) is 3. The molecule has 0 spiro atoms. The Balaban J connectivity index is 2.00. The molecule has 2 nitrogen and oxygen atoms in total. The van der Waals surface area contributed by atoms with Crippen LogP contribution in [-0.2, 0) is 6.42 Å². The van der Waals surface area contributed by atoms with Gasteiger partial charge in [-0.2, -0.15) is 11.3 Å². The average Bonchev–Trinajstić information content (AvgIpc) is 2.79. The molecule has 17 heavy (non-hydrogen) atoms. The molecule has 0 bridgehead atoms. The summed E-state index contributed by atoms with van der Waals surface area (Å²) in [6.07, 6.45) is 11.3. The molecule has 1 unspecified atom stereocenters. The molecule has 0 aliphatic heterocycles. The summed E-state index contributed by atoms with van der Waals surface area (Å²) >= 11 is 1.76. The molecule has 0 radical (unpaired) electrons. The molecule has 0 saturated carbocycles. The smallest absolute Gasteiger partial charge is 0.0460 e. The second-order valence-electron chi connectivity index (χ2n) is 4.79. The van der Waals surface area contributed by atoms with E-state index >= 15 is 0 Å². The summed E-state index contributed by atoms with van der Waals surface area (Å²) in [5, 5.41) is 4.35. The Morgan fingerprint density at radius 3 is 2.94 bits per heavy atom. The van der Waals surface area contributed by atoms with Gasteiger partial charge in [0.2, 0.25) is 0 Å². The molecule has 2 rings (SSSR count). The first-order valence-corrected chi connectivity index (χ1v) is 7.50. The molecule has 1 atom stereocenters. The number of allylic oxidation sites excluding steroid dienone is 1. The van der Waals surface area contributed by atoms with Gasteiger partial charge < -0.3 is 0 Å². The van der Waals surface area contributed by atoms with Gasteiger partial charge in [-0.1, -0.05) is 24.5 Å². The Hall–Kier alpha value is -0.640. The van der Waals surface area contributed by atoms with Crippen molar-refractivity contribution in [1.82, 2.24) is 5.43 Å². The number of nitrogens with two attached hydrogens (primary N) is 1. The number of hydrazine groups is 1. The molecule has 0 aromatic carbocycles. The third-order valence-electron chi connectivity index (χ3n) is 3.49. The summed E-state index contributed by atoms with van der Waals surface area (Å²) in [4.78, 5) is 0. The third-order valence-corrected chi connectivity index (χ3v) is 4.23. The van der Waals surface area contributed by atoms with Crippen LogP contribution < -0.4 is 11.3 Å². The van der Waals surface area contributed by atoms with Crippen LogP contribution in [-0.4, -0.2) is 6.04 Å². The second kappa shape index (κ2) is 6.94. The van der Waals surface area contributed by atoms with E-state index in [1.54, 1.807) is 11.3 Å². The quantitative estimate of drug-likeness (QED) is 0.488. The van der Waals surface area contributed by atoms with E-state index < -0.39 is 0 Å². The number of thiophene rings is 1. The molecule has 3 heteroatoms. The summed E-state index contributed by atoms with van der Waals surface area (Å²) in [7, 11) is 0. The molecule has 1 heterocycles. The molecule has 1 aliphatic carbocycles. The molecule has 3 N–H and O–H groups in total. The number of rotatable bonds is 4. The Morgan fingerprint density at radius 1 is 1.29 bits per heavy atom. The van der Waals surface area contributed by atoms with Crippen LogP contribution in [0.1, 0.15) is 44.1 Å². The predicted octanol–water partition coefficient (Wildman–Crippen LogP) is 3.40. The largest absolute Gasteiger partial charge is 0.271 e. The van der Waals surface area contributed by atoms with Gasteiger partial charge in [-0.15, -0.1) is 0 Å². The Labute approximate surface area is 108 Å². The highest BCUT2D eigenvalue weighted by Crippen LogP contribution is 2.22. The zero-order chi connectivity index (χ0) is 11.9. The predicted molar refractivity (Wildman–Crippen MR) is 74.9 cm³/mol. The van der Waals surface area contributed by atoms with Crippen LogP contribution >= 0.6 is 11.3 Å². The van der Waals surface area contributed by atoms with Gasteiger partial charge >= 0.3 is 0 Å². The minimum absolute atomic E-state index is 0.322. The van der Waals surface area contributed by atoms with Crippen LogP contribution in [0.5, 0.6) is 0 Å². The first-order chi connectivity index (χ1) is 8.40. The van der Waals surface area contributed by atoms with Crippen molar-refractivity contribution in [2.75, 3.05) is 0 Å². The average molecular weight is 250 g/mol. The molecule has 0 saturated heterocycles. The Kier molecular flexibility index (Phi) is 5.23. The highest BCUT2D eigenvalue weighted by Gasteiger charge is 2.14. The third kappa shape index (κ3) is 3.95. The van der Waals surface area contributed by atoms with E-state index in [1.807, 2.05) is 0 Å². The van der Waals surface area contributed by atoms with Crippen molar-refractivity contribution in [3.63, 3.8) is 0 Å². The molecule has 0 fully saturated rings. The Bertz CT molecular complexity index is 343. The van der Waals surface area contributed by atoms with Crippen molar-refractivity contribution in [1.29, 1.82) is 0 Å². The summed E-state index contributed by atoms with van der Waals surface area (Å²) in [6.45, 7) is 0. The minimum atomic E-state index is 0.322. The number of nitrogens with one attached hydrogen (secondary N) is 1. The lowest BCUT2D eigenvalue weighted by Gasteiger charge is -2.21. The van der Waals surface area contributed by atoms with E-state index in [4.69, 9.17) is 5.84 Å². The normalized spacial score (nSPS) is 22.3. The van der Waals surface area contributed by atoms with E-state index in [1.165, 1.54) is 49.7 Å². The number of hydrogen-bond donors (Lipinski definition) is 2. The fraction of sp³-hybridized carbons (Fsp3) is 0.571. The van der Waals surface area contributed by atoms with Gasteiger partial charge in [0.15, 0.2) is 0 Å². The zero-order valence-electron chi connectivity index (χ0n) is 10.3. The van der Waals surface area contributed by atoms with Gasteiger partial charge in [-0.05, 0) is 54.5 Å². The van der Waals surface area contributed by atoms with Crippen molar-refractivity contribution in [3.05, 3.63) is 34.0 Å². The van der Waals surface area contributed by atoms with Gasteiger partial charge in [-0.3, -0.25) is 11.3 Å². The summed E-state index contributed by atoms with van der Waals surface area (Å²) in [6, 6.07) is 2.51. The fourth-order valence-corrected chi connectivity index (χ4v) is 3.16. The molecule has 1 aromatic heterocycles. The van der Waals surface area contributed by atoms with Crippen molar-refractivity contribution in [2.45, 2.75) is 51.0 Å². The standard InChI is InChI=1S/C14H22N2S/c15-16-14(10-12-8-9-17-11-12)13-6-4-2-1-3-5-7-13/h6,8-9,11,14,16H,1-5,7,10,15H2/b13-6+. The maximum atomic E-state index is 5.72. The van der Waals surface area contributed by atoms with Gasteiger partial charge in [-0.25, -0.2) is 0 Å². The molecule has 1 aromatic rings. The lowest BCUT2D eigenvalue weighted by molar-refractivity contribution is 0.537. The molecule has 0 amide bonds. The molecule has 94 valence electrons. The minimum Gasteiger partial charge on any atom is -0.271 e. The highest BCUT2D eigenvalue weighted by molar-refractivity contribution is 7.07. The molecular weight excluding hydrogens is 228 g/mol. The van der Waals surface area contributed by atoms with Crippen LogP contribution in [0.25, 0.3) is 0 Å². The van der Waals surface area contributed by atoms with E-state index in [2.05, 4.69) is 28.3 Å². The van der Waals surface area contributed by atoms with Gasteiger partial charge in [0, 0.05) is 6.04 Å². The maximum absolute atomic E-state index is 5.72. The first kappa shape index (κ1) is 12.8. The summed E-state index contributed by atoms with van der Waals surface area (Å²) in [5.74, 6) is 5.72. The van der Waals surface area contributed by atoms with Gasteiger partial charge in [0.1, 0.15) is 0 Å². The van der Waals surface area contributed by atoms with E-state index in [9.17, 15) is 0 Å². The van der Waals surface area contributed by atoms with Crippen LogP contribution in [0.15, 0.2) is 28.5 Å². The SMILES string of the molecule is NNC(Cc1ccsc1)/C1=C/CCCCCC1. The monoisotopic (exact) mass is 250 g/mol. The van der Waals surface area contributed by atoms with Crippen LogP contribution in [0.4, 0.5) is 0 Å². The topological polar surface area (TPSA) is 38.0 Å².